The molecule has 0 amide bonds. The van der Waals surface area contributed by atoms with Crippen LogP contribution < -0.4 is 0 Å². The molecule has 7 heteroatoms. The van der Waals surface area contributed by atoms with Crippen molar-refractivity contribution in [1.82, 2.24) is 0 Å². The van der Waals surface area contributed by atoms with Crippen LogP contribution in [0.25, 0.3) is 0 Å². The summed E-state index contributed by atoms with van der Waals surface area (Å²) in [4.78, 5) is 11.4. The van der Waals surface area contributed by atoms with Gasteiger partial charge in [0, 0.05) is 6.42 Å². The maximum atomic E-state index is 11.4. The first-order valence-electron chi connectivity index (χ1n) is 8.12. The number of hydrogen-bond acceptors (Lipinski definition) is 6. The molecule has 132 valence electrons. The highest BCUT2D eigenvalue weighted by molar-refractivity contribution is 7.85. The summed E-state index contributed by atoms with van der Waals surface area (Å²) < 4.78 is 35.9. The van der Waals surface area contributed by atoms with E-state index in [1.165, 1.54) is 38.5 Å². The largest absolute Gasteiger partial charge is 0.748 e. The van der Waals surface area contributed by atoms with Gasteiger partial charge in [0.2, 0.25) is 0 Å². The van der Waals surface area contributed by atoms with Gasteiger partial charge in [0.1, 0.15) is 12.7 Å². The summed E-state index contributed by atoms with van der Waals surface area (Å²) in [7, 11) is -4.50. The van der Waals surface area contributed by atoms with E-state index in [0.29, 0.717) is 0 Å². The van der Waals surface area contributed by atoms with Crippen molar-refractivity contribution in [2.24, 2.45) is 0 Å². The first-order chi connectivity index (χ1) is 10.3. The number of aliphatic hydroxyl groups excluding tert-OH is 1. The van der Waals surface area contributed by atoms with Gasteiger partial charge in [0.05, 0.1) is 15.9 Å². The highest BCUT2D eigenvalue weighted by Crippen LogP contribution is 2.10. The molecule has 0 fully saturated rings. The Labute approximate surface area is 134 Å². The van der Waals surface area contributed by atoms with Gasteiger partial charge >= 0.3 is 5.97 Å². The molecule has 0 aliphatic carbocycles. The maximum Gasteiger partial charge on any atom is 0.305 e. The zero-order valence-electron chi connectivity index (χ0n) is 13.5. The van der Waals surface area contributed by atoms with Gasteiger partial charge in [0.15, 0.2) is 0 Å². The quantitative estimate of drug-likeness (QED) is 0.296. The topological polar surface area (TPSA) is 104 Å². The van der Waals surface area contributed by atoms with Crippen LogP contribution in [0.5, 0.6) is 0 Å². The molecule has 1 N–H and O–H groups in total. The molecular weight excluding hydrogens is 308 g/mol. The first kappa shape index (κ1) is 21.3. The minimum atomic E-state index is -4.50. The smallest absolute Gasteiger partial charge is 0.305 e. The van der Waals surface area contributed by atoms with Gasteiger partial charge in [0.25, 0.3) is 0 Å². The van der Waals surface area contributed by atoms with Crippen LogP contribution in [0, 0.1) is 0 Å². The van der Waals surface area contributed by atoms with Crippen molar-refractivity contribution in [2.45, 2.75) is 77.2 Å². The molecule has 1 unspecified atom stereocenters. The Morgan fingerprint density at radius 3 is 2.05 bits per heavy atom. The van der Waals surface area contributed by atoms with Crippen molar-refractivity contribution >= 4 is 16.1 Å². The Bertz CT molecular complexity index is 379. The highest BCUT2D eigenvalue weighted by Gasteiger charge is 2.11. The lowest BCUT2D eigenvalue weighted by molar-refractivity contribution is -0.146. The molecule has 0 heterocycles. The third-order valence-electron chi connectivity index (χ3n) is 3.32. The normalized spacial score (nSPS) is 13.0. The molecular formula is C15H29O6S-. The summed E-state index contributed by atoms with van der Waals surface area (Å²) in [6.07, 6.45) is 9.12. The minimum Gasteiger partial charge on any atom is -0.748 e. The first-order valence-corrected chi connectivity index (χ1v) is 9.70. The van der Waals surface area contributed by atoms with Crippen molar-refractivity contribution in [3.05, 3.63) is 0 Å². The average molecular weight is 337 g/mol. The SMILES string of the molecule is CCCCCCCCCCCC(=O)OCC(O)CS(=O)(=O)[O-]. The number of carbonyl (C=O) groups is 1. The predicted molar refractivity (Wildman–Crippen MR) is 83.4 cm³/mol. The van der Waals surface area contributed by atoms with Crippen molar-refractivity contribution in [2.75, 3.05) is 12.4 Å². The van der Waals surface area contributed by atoms with Gasteiger partial charge in [-0.1, -0.05) is 58.3 Å². The monoisotopic (exact) mass is 337 g/mol. The standard InChI is InChI=1S/C15H30O6S/c1-2-3-4-5-6-7-8-9-10-11-15(17)21-12-14(16)13-22(18,19)20/h14,16H,2-13H2,1H3,(H,18,19,20)/p-1. The molecule has 0 aromatic rings. The van der Waals surface area contributed by atoms with Gasteiger partial charge < -0.3 is 14.4 Å². The molecule has 0 saturated heterocycles. The summed E-state index contributed by atoms with van der Waals surface area (Å²) in [6, 6.07) is 0. The Morgan fingerprint density at radius 2 is 1.55 bits per heavy atom. The second kappa shape index (κ2) is 12.8. The van der Waals surface area contributed by atoms with Crippen LogP contribution >= 0.6 is 0 Å². The molecule has 0 radical (unpaired) electrons. The number of rotatable bonds is 14. The van der Waals surface area contributed by atoms with E-state index >= 15 is 0 Å². The van der Waals surface area contributed by atoms with E-state index < -0.39 is 34.6 Å². The van der Waals surface area contributed by atoms with Crippen LogP contribution in [0.2, 0.25) is 0 Å². The third-order valence-corrected chi connectivity index (χ3v) is 4.11. The van der Waals surface area contributed by atoms with E-state index in [9.17, 15) is 22.9 Å². The summed E-state index contributed by atoms with van der Waals surface area (Å²) in [6.45, 7) is 1.75. The third kappa shape index (κ3) is 15.7. The lowest BCUT2D eigenvalue weighted by Gasteiger charge is -2.13. The zero-order chi connectivity index (χ0) is 16.8. The Hall–Kier alpha value is -0.660. The van der Waals surface area contributed by atoms with Gasteiger partial charge in [-0.2, -0.15) is 0 Å². The lowest BCUT2D eigenvalue weighted by Crippen LogP contribution is -2.26. The van der Waals surface area contributed by atoms with E-state index in [0.717, 1.165) is 19.3 Å². The molecule has 0 aliphatic heterocycles. The second-order valence-electron chi connectivity index (χ2n) is 5.64. The summed E-state index contributed by atoms with van der Waals surface area (Å²) >= 11 is 0. The van der Waals surface area contributed by atoms with Crippen LogP contribution in [0.1, 0.15) is 71.1 Å². The average Bonchev–Trinajstić information content (AvgIpc) is 2.41. The summed E-state index contributed by atoms with van der Waals surface area (Å²) in [5.74, 6) is -1.40. The van der Waals surface area contributed by atoms with Gasteiger partial charge in [-0.3, -0.25) is 4.79 Å². The van der Waals surface area contributed by atoms with Crippen LogP contribution in [0.15, 0.2) is 0 Å². The number of hydrogen-bond donors (Lipinski definition) is 1. The number of aliphatic hydroxyl groups is 1. The molecule has 0 aliphatic rings. The molecule has 0 saturated carbocycles. The van der Waals surface area contributed by atoms with E-state index in [-0.39, 0.29) is 6.42 Å². The van der Waals surface area contributed by atoms with Crippen molar-refractivity contribution in [3.8, 4) is 0 Å². The molecule has 0 aromatic heterocycles. The van der Waals surface area contributed by atoms with E-state index in [1.807, 2.05) is 0 Å². The minimum absolute atomic E-state index is 0.257. The number of ether oxygens (including phenoxy) is 1. The Kier molecular flexibility index (Phi) is 12.5. The molecule has 1 atom stereocenters. The summed E-state index contributed by atoms with van der Waals surface area (Å²) in [5.41, 5.74) is 0. The molecule has 0 aromatic carbocycles. The maximum absolute atomic E-state index is 11.4. The molecule has 0 rings (SSSR count). The van der Waals surface area contributed by atoms with Crippen LogP contribution in [-0.4, -0.2) is 42.5 Å². The summed E-state index contributed by atoms with van der Waals surface area (Å²) in [5, 5.41) is 9.21. The fourth-order valence-corrected chi connectivity index (χ4v) is 2.69. The van der Waals surface area contributed by atoms with E-state index in [1.54, 1.807) is 0 Å². The molecule has 6 nitrogen and oxygen atoms in total. The Morgan fingerprint density at radius 1 is 1.05 bits per heavy atom. The van der Waals surface area contributed by atoms with Crippen molar-refractivity contribution in [3.63, 3.8) is 0 Å². The molecule has 0 bridgehead atoms. The second-order valence-corrected chi connectivity index (χ2v) is 7.09. The van der Waals surface area contributed by atoms with Gasteiger partial charge in [-0.25, -0.2) is 8.42 Å². The predicted octanol–water partition coefficient (Wildman–Crippen LogP) is 2.36. The highest BCUT2D eigenvalue weighted by atomic mass is 32.2. The lowest BCUT2D eigenvalue weighted by atomic mass is 10.1. The Balaban J connectivity index is 3.43. The van der Waals surface area contributed by atoms with Gasteiger partial charge in [-0.05, 0) is 6.42 Å². The zero-order valence-corrected chi connectivity index (χ0v) is 14.3. The van der Waals surface area contributed by atoms with Gasteiger partial charge in [-0.15, -0.1) is 0 Å². The van der Waals surface area contributed by atoms with E-state index in [2.05, 4.69) is 6.92 Å². The van der Waals surface area contributed by atoms with E-state index in [4.69, 9.17) is 4.74 Å². The van der Waals surface area contributed by atoms with Crippen molar-refractivity contribution in [1.29, 1.82) is 0 Å². The number of carbonyl (C=O) groups excluding carboxylic acids is 1. The number of esters is 1. The van der Waals surface area contributed by atoms with Crippen LogP contribution in [0.3, 0.4) is 0 Å². The molecule has 0 spiro atoms. The van der Waals surface area contributed by atoms with Crippen LogP contribution in [-0.2, 0) is 19.6 Å². The fourth-order valence-electron chi connectivity index (χ4n) is 2.13. The molecule has 22 heavy (non-hydrogen) atoms. The van der Waals surface area contributed by atoms with Crippen molar-refractivity contribution < 1.29 is 27.6 Å². The number of unbranched alkanes of at least 4 members (excludes halogenated alkanes) is 8. The fraction of sp³-hybridized carbons (Fsp3) is 0.933. The van der Waals surface area contributed by atoms with Crippen LogP contribution in [0.4, 0.5) is 0 Å².